The average molecular weight is 262 g/mol. The van der Waals surface area contributed by atoms with Crippen molar-refractivity contribution in [3.05, 3.63) is 29.3 Å². The fourth-order valence-electron chi connectivity index (χ4n) is 2.61. The zero-order valence-corrected chi connectivity index (χ0v) is 11.8. The lowest BCUT2D eigenvalue weighted by atomic mass is 9.93. The maximum atomic E-state index is 12.3. The van der Waals surface area contributed by atoms with Gasteiger partial charge in [-0.3, -0.25) is 4.79 Å². The Bertz CT molecular complexity index is 463. The van der Waals surface area contributed by atoms with Crippen LogP contribution in [0, 0.1) is 6.92 Å². The van der Waals surface area contributed by atoms with E-state index in [1.807, 2.05) is 32.9 Å². The number of carbonyl (C=O) groups is 1. The van der Waals surface area contributed by atoms with Crippen LogP contribution in [0.5, 0.6) is 0 Å². The first kappa shape index (κ1) is 13.9. The van der Waals surface area contributed by atoms with Crippen LogP contribution >= 0.6 is 0 Å². The maximum absolute atomic E-state index is 12.3. The molecule has 2 rings (SSSR count). The highest BCUT2D eigenvalue weighted by Gasteiger charge is 2.30. The first-order valence-electron chi connectivity index (χ1n) is 6.69. The maximum Gasteiger partial charge on any atom is 0.253 e. The van der Waals surface area contributed by atoms with Gasteiger partial charge in [-0.25, -0.2) is 0 Å². The van der Waals surface area contributed by atoms with Crippen molar-refractivity contribution in [1.82, 2.24) is 5.32 Å². The minimum absolute atomic E-state index is 0.0849. The van der Waals surface area contributed by atoms with Crippen LogP contribution < -0.4 is 11.1 Å². The molecule has 1 aromatic rings. The molecule has 3 N–H and O–H groups in total. The van der Waals surface area contributed by atoms with Gasteiger partial charge in [0.25, 0.3) is 5.91 Å². The van der Waals surface area contributed by atoms with E-state index in [2.05, 4.69) is 5.32 Å². The third kappa shape index (κ3) is 3.26. The number of nitrogens with one attached hydrogen (secondary N) is 1. The van der Waals surface area contributed by atoms with E-state index in [1.165, 1.54) is 0 Å². The second-order valence-corrected chi connectivity index (χ2v) is 5.81. The Morgan fingerprint density at radius 3 is 2.84 bits per heavy atom. The van der Waals surface area contributed by atoms with Crippen molar-refractivity contribution in [2.24, 2.45) is 0 Å². The number of aryl methyl sites for hydroxylation is 1. The van der Waals surface area contributed by atoms with Gasteiger partial charge in [0.05, 0.1) is 11.2 Å². The summed E-state index contributed by atoms with van der Waals surface area (Å²) in [5.41, 5.74) is 7.75. The summed E-state index contributed by atoms with van der Waals surface area (Å²) in [6.07, 6.45) is 1.67. The molecule has 1 heterocycles. The molecule has 0 radical (unpaired) electrons. The molecule has 1 aromatic carbocycles. The molecule has 0 aromatic heterocycles. The van der Waals surface area contributed by atoms with Crippen LogP contribution in [0.15, 0.2) is 18.2 Å². The number of anilines is 1. The lowest BCUT2D eigenvalue weighted by Gasteiger charge is -2.35. The molecular formula is C15H22N2O2. The third-order valence-electron chi connectivity index (χ3n) is 3.56. The van der Waals surface area contributed by atoms with Crippen molar-refractivity contribution < 1.29 is 9.53 Å². The molecule has 4 nitrogen and oxygen atoms in total. The van der Waals surface area contributed by atoms with E-state index in [-0.39, 0.29) is 17.6 Å². The normalized spacial score (nSPS) is 21.9. The number of hydrogen-bond donors (Lipinski definition) is 2. The molecule has 1 saturated heterocycles. The summed E-state index contributed by atoms with van der Waals surface area (Å²) < 4.78 is 5.65. The smallest absolute Gasteiger partial charge is 0.253 e. The van der Waals surface area contributed by atoms with Gasteiger partial charge in [-0.05, 0) is 45.2 Å². The zero-order chi connectivity index (χ0) is 14.0. The van der Waals surface area contributed by atoms with Crippen molar-refractivity contribution in [2.75, 3.05) is 12.3 Å². The van der Waals surface area contributed by atoms with Crippen LogP contribution in [0.3, 0.4) is 0 Å². The lowest BCUT2D eigenvalue weighted by molar-refractivity contribution is -0.0615. The lowest BCUT2D eigenvalue weighted by Crippen LogP contribution is -2.46. The van der Waals surface area contributed by atoms with E-state index in [4.69, 9.17) is 10.5 Å². The Hall–Kier alpha value is -1.55. The quantitative estimate of drug-likeness (QED) is 0.804. The SMILES string of the molecule is Cc1cccc(N)c1C(=O)NC1CCOC(C)(C)C1. The number of hydrogen-bond acceptors (Lipinski definition) is 3. The van der Waals surface area contributed by atoms with Crippen LogP contribution in [-0.4, -0.2) is 24.2 Å². The van der Waals surface area contributed by atoms with Gasteiger partial charge >= 0.3 is 0 Å². The molecule has 104 valence electrons. The summed E-state index contributed by atoms with van der Waals surface area (Å²) in [5.74, 6) is -0.0849. The Kier molecular flexibility index (Phi) is 3.80. The summed E-state index contributed by atoms with van der Waals surface area (Å²) in [6, 6.07) is 5.67. The van der Waals surface area contributed by atoms with Crippen LogP contribution in [0.25, 0.3) is 0 Å². The summed E-state index contributed by atoms with van der Waals surface area (Å²) in [5, 5.41) is 3.07. The molecule has 1 amide bonds. The number of amides is 1. The van der Waals surface area contributed by atoms with E-state index >= 15 is 0 Å². The molecule has 1 atom stereocenters. The van der Waals surface area contributed by atoms with E-state index in [0.29, 0.717) is 17.9 Å². The van der Waals surface area contributed by atoms with Gasteiger partial charge in [-0.15, -0.1) is 0 Å². The first-order chi connectivity index (χ1) is 8.89. The van der Waals surface area contributed by atoms with E-state index < -0.39 is 0 Å². The number of rotatable bonds is 2. The monoisotopic (exact) mass is 262 g/mol. The van der Waals surface area contributed by atoms with Crippen molar-refractivity contribution in [2.45, 2.75) is 45.3 Å². The van der Waals surface area contributed by atoms with E-state index in [9.17, 15) is 4.79 Å². The highest BCUT2D eigenvalue weighted by atomic mass is 16.5. The molecule has 0 spiro atoms. The van der Waals surface area contributed by atoms with E-state index in [0.717, 1.165) is 18.4 Å². The van der Waals surface area contributed by atoms with Gasteiger partial charge in [-0.2, -0.15) is 0 Å². The molecule has 1 aliphatic heterocycles. The fraction of sp³-hybridized carbons (Fsp3) is 0.533. The van der Waals surface area contributed by atoms with Crippen LogP contribution in [-0.2, 0) is 4.74 Å². The Labute approximate surface area is 114 Å². The van der Waals surface area contributed by atoms with Gasteiger partial charge in [0, 0.05) is 18.3 Å². The number of nitrogen functional groups attached to an aromatic ring is 1. The molecule has 0 saturated carbocycles. The average Bonchev–Trinajstić information content (AvgIpc) is 2.27. The molecule has 4 heteroatoms. The van der Waals surface area contributed by atoms with Crippen LogP contribution in [0.4, 0.5) is 5.69 Å². The van der Waals surface area contributed by atoms with Crippen molar-refractivity contribution >= 4 is 11.6 Å². The summed E-state index contributed by atoms with van der Waals surface area (Å²) in [4.78, 5) is 12.3. The molecule has 19 heavy (non-hydrogen) atoms. The third-order valence-corrected chi connectivity index (χ3v) is 3.56. The Balaban J connectivity index is 2.09. The first-order valence-corrected chi connectivity index (χ1v) is 6.69. The topological polar surface area (TPSA) is 64.4 Å². The molecule has 1 unspecified atom stereocenters. The predicted octanol–water partition coefficient (Wildman–Crippen LogP) is 2.26. The van der Waals surface area contributed by atoms with Gasteiger partial charge in [-0.1, -0.05) is 12.1 Å². The predicted molar refractivity (Wildman–Crippen MR) is 76.1 cm³/mol. The second kappa shape index (κ2) is 5.21. The van der Waals surface area contributed by atoms with Crippen molar-refractivity contribution in [3.8, 4) is 0 Å². The zero-order valence-electron chi connectivity index (χ0n) is 11.8. The van der Waals surface area contributed by atoms with Gasteiger partial charge in [0.1, 0.15) is 0 Å². The molecule has 1 fully saturated rings. The van der Waals surface area contributed by atoms with Crippen molar-refractivity contribution in [1.29, 1.82) is 0 Å². The van der Waals surface area contributed by atoms with Crippen LogP contribution in [0.1, 0.15) is 42.6 Å². The number of nitrogens with two attached hydrogens (primary N) is 1. The number of ether oxygens (including phenoxy) is 1. The summed E-state index contributed by atoms with van der Waals surface area (Å²) in [6.45, 7) is 6.68. The largest absolute Gasteiger partial charge is 0.398 e. The van der Waals surface area contributed by atoms with Crippen molar-refractivity contribution in [3.63, 3.8) is 0 Å². The van der Waals surface area contributed by atoms with Crippen LogP contribution in [0.2, 0.25) is 0 Å². The summed E-state index contributed by atoms with van der Waals surface area (Å²) >= 11 is 0. The molecule has 0 bridgehead atoms. The summed E-state index contributed by atoms with van der Waals surface area (Å²) in [7, 11) is 0. The number of benzene rings is 1. The highest BCUT2D eigenvalue weighted by molar-refractivity contribution is 6.00. The minimum atomic E-state index is -0.173. The molecule has 0 aliphatic carbocycles. The van der Waals surface area contributed by atoms with Gasteiger partial charge < -0.3 is 15.8 Å². The standard InChI is InChI=1S/C15H22N2O2/c1-10-5-4-6-12(16)13(10)14(18)17-11-7-8-19-15(2,3)9-11/h4-6,11H,7-9,16H2,1-3H3,(H,17,18). The fourth-order valence-corrected chi connectivity index (χ4v) is 2.61. The molecule has 1 aliphatic rings. The Morgan fingerprint density at radius 2 is 2.21 bits per heavy atom. The highest BCUT2D eigenvalue weighted by Crippen LogP contribution is 2.25. The van der Waals surface area contributed by atoms with Gasteiger partial charge in [0.15, 0.2) is 0 Å². The molecular weight excluding hydrogens is 240 g/mol. The number of carbonyl (C=O) groups excluding carboxylic acids is 1. The van der Waals surface area contributed by atoms with E-state index in [1.54, 1.807) is 6.07 Å². The minimum Gasteiger partial charge on any atom is -0.398 e. The second-order valence-electron chi connectivity index (χ2n) is 5.81. The Morgan fingerprint density at radius 1 is 1.47 bits per heavy atom. The van der Waals surface area contributed by atoms with Gasteiger partial charge in [0.2, 0.25) is 0 Å².